The first-order valence-electron chi connectivity index (χ1n) is 19.2. The third kappa shape index (κ3) is 12.3. The average Bonchev–Trinajstić information content (AvgIpc) is 3.66. The van der Waals surface area contributed by atoms with Crippen LogP contribution in [0.25, 0.3) is 16.9 Å². The number of aromatic nitrogens is 1. The summed E-state index contributed by atoms with van der Waals surface area (Å²) in [5.41, 5.74) is 6.39. The van der Waals surface area contributed by atoms with E-state index in [9.17, 15) is 22.8 Å². The van der Waals surface area contributed by atoms with E-state index in [0.717, 1.165) is 48.5 Å². The van der Waals surface area contributed by atoms with E-state index in [1.165, 1.54) is 19.1 Å². The molecular weight excluding hydrogens is 920 g/mol. The van der Waals surface area contributed by atoms with Crippen molar-refractivity contribution in [2.24, 2.45) is 0 Å². The van der Waals surface area contributed by atoms with Gasteiger partial charge < -0.3 is 18.8 Å². The van der Waals surface area contributed by atoms with Crippen molar-refractivity contribution in [3.05, 3.63) is 201 Å². The highest BCUT2D eigenvalue weighted by atomic mass is 79.9. The van der Waals surface area contributed by atoms with Crippen LogP contribution in [-0.2, 0) is 28.0 Å². The number of amides is 1. The van der Waals surface area contributed by atoms with Crippen LogP contribution in [0.15, 0.2) is 178 Å². The van der Waals surface area contributed by atoms with E-state index in [1.807, 2.05) is 109 Å². The van der Waals surface area contributed by atoms with E-state index in [2.05, 4.69) is 36.6 Å². The normalized spacial score (nSPS) is 10.9. The summed E-state index contributed by atoms with van der Waals surface area (Å²) in [5.74, 6) is 0.514. The van der Waals surface area contributed by atoms with E-state index < -0.39 is 15.9 Å². The van der Waals surface area contributed by atoms with Gasteiger partial charge in [0, 0.05) is 44.3 Å². The van der Waals surface area contributed by atoms with E-state index >= 15 is 0 Å². The number of halogens is 2. The molecule has 1 amide bonds. The van der Waals surface area contributed by atoms with Gasteiger partial charge in [-0.3, -0.25) is 9.59 Å². The molecule has 1 N–H and O–H groups in total. The summed E-state index contributed by atoms with van der Waals surface area (Å²) in [7, 11) is -4.05. The standard InChI is InChI=1S/C31H25BrN2O4S.C18H17BrO3/c1-22-12-18-29(28-20-25(32)13-19-30(28)38-21-23-8-4-2-5-9-23)34(22)26-14-16-27(17-15-26)39(36,37)33-31(35)24-10-6-3-7-11-24;1-13(20)7-9-17(21)16-11-15(19)8-10-18(16)22-12-14-5-3-2-4-6-14/h2-20H,21H2,1H3,(H,33,35);2-6,8,10-11H,7,9,12H2,1H3. The predicted molar refractivity (Wildman–Crippen MR) is 245 cm³/mol. The van der Waals surface area contributed by atoms with Crippen molar-refractivity contribution in [3.63, 3.8) is 0 Å². The fourth-order valence-corrected chi connectivity index (χ4v) is 7.96. The zero-order chi connectivity index (χ0) is 43.4. The maximum absolute atomic E-state index is 12.9. The number of rotatable bonds is 15. The topological polar surface area (TPSA) is 121 Å². The first-order valence-corrected chi connectivity index (χ1v) is 22.3. The van der Waals surface area contributed by atoms with Crippen LogP contribution < -0.4 is 14.2 Å². The second-order valence-corrected chi connectivity index (χ2v) is 17.5. The van der Waals surface area contributed by atoms with Gasteiger partial charge in [0.25, 0.3) is 15.9 Å². The van der Waals surface area contributed by atoms with Gasteiger partial charge in [-0.25, -0.2) is 13.1 Å². The average molecular weight is 963 g/mol. The van der Waals surface area contributed by atoms with Crippen molar-refractivity contribution in [1.82, 2.24) is 9.29 Å². The van der Waals surface area contributed by atoms with Crippen molar-refractivity contribution >= 4 is 59.4 Å². The number of ether oxygens (including phenoxy) is 2. The maximum atomic E-state index is 12.9. The molecule has 12 heteroatoms. The smallest absolute Gasteiger partial charge is 0.264 e. The maximum Gasteiger partial charge on any atom is 0.264 e. The summed E-state index contributed by atoms with van der Waals surface area (Å²) in [5, 5.41) is 0. The molecule has 0 saturated carbocycles. The summed E-state index contributed by atoms with van der Waals surface area (Å²) in [6.45, 7) is 4.30. The fourth-order valence-electron chi connectivity index (χ4n) is 6.26. The Balaban J connectivity index is 0.000000240. The van der Waals surface area contributed by atoms with Gasteiger partial charge in [-0.1, -0.05) is 111 Å². The summed E-state index contributed by atoms with van der Waals surface area (Å²) in [6, 6.07) is 49.6. The van der Waals surface area contributed by atoms with Crippen LogP contribution >= 0.6 is 31.9 Å². The van der Waals surface area contributed by atoms with E-state index in [1.54, 1.807) is 54.6 Å². The Bertz CT molecular complexity index is 2720. The zero-order valence-electron chi connectivity index (χ0n) is 33.4. The summed E-state index contributed by atoms with van der Waals surface area (Å²) < 4.78 is 43.6. The Morgan fingerprint density at radius 3 is 1.75 bits per heavy atom. The molecule has 0 aliphatic heterocycles. The fraction of sp³-hybridized carbons (Fsp3) is 0.122. The number of hydrogen-bond acceptors (Lipinski definition) is 7. The van der Waals surface area contributed by atoms with Crippen molar-refractivity contribution < 1.29 is 32.3 Å². The predicted octanol–water partition coefficient (Wildman–Crippen LogP) is 11.5. The van der Waals surface area contributed by atoms with Gasteiger partial charge in [0.1, 0.15) is 30.5 Å². The molecule has 1 aromatic heterocycles. The van der Waals surface area contributed by atoms with Crippen molar-refractivity contribution in [2.45, 2.75) is 44.8 Å². The van der Waals surface area contributed by atoms with Gasteiger partial charge >= 0.3 is 0 Å². The number of carbonyl (C=O) groups excluding carboxylic acids is 3. The number of benzene rings is 6. The van der Waals surface area contributed by atoms with Crippen LogP contribution in [0.3, 0.4) is 0 Å². The molecule has 7 rings (SSSR count). The molecule has 0 unspecified atom stereocenters. The highest BCUT2D eigenvalue weighted by Crippen LogP contribution is 2.36. The molecule has 6 aromatic carbocycles. The minimum Gasteiger partial charge on any atom is -0.488 e. The van der Waals surface area contributed by atoms with Gasteiger partial charge in [0.05, 0.1) is 16.2 Å². The Morgan fingerprint density at radius 1 is 0.623 bits per heavy atom. The number of nitrogens with zero attached hydrogens (tertiary/aromatic N) is 1. The van der Waals surface area contributed by atoms with Crippen molar-refractivity contribution in [3.8, 4) is 28.4 Å². The number of hydrogen-bond donors (Lipinski definition) is 1. The van der Waals surface area contributed by atoms with Gasteiger partial charge in [-0.05, 0) is 110 Å². The highest BCUT2D eigenvalue weighted by Gasteiger charge is 2.20. The lowest BCUT2D eigenvalue weighted by atomic mass is 10.0. The number of ketones is 2. The quantitative estimate of drug-likeness (QED) is 0.102. The summed E-state index contributed by atoms with van der Waals surface area (Å²) in [4.78, 5) is 35.8. The molecule has 0 atom stereocenters. The van der Waals surface area contributed by atoms with E-state index in [0.29, 0.717) is 24.5 Å². The zero-order valence-corrected chi connectivity index (χ0v) is 37.4. The van der Waals surface area contributed by atoms with Crippen LogP contribution in [0.5, 0.6) is 11.5 Å². The molecule has 7 aromatic rings. The minimum absolute atomic E-state index is 0.00349. The molecule has 0 aliphatic rings. The Morgan fingerprint density at radius 2 is 1.16 bits per heavy atom. The highest BCUT2D eigenvalue weighted by molar-refractivity contribution is 9.10. The first kappa shape index (κ1) is 44.5. The third-order valence-electron chi connectivity index (χ3n) is 9.38. The molecule has 0 aliphatic carbocycles. The van der Waals surface area contributed by atoms with Crippen LogP contribution in [0.2, 0.25) is 0 Å². The Kier molecular flexibility index (Phi) is 15.3. The van der Waals surface area contributed by atoms with Crippen molar-refractivity contribution in [2.75, 3.05) is 0 Å². The monoisotopic (exact) mass is 960 g/mol. The molecule has 0 saturated heterocycles. The van der Waals surface area contributed by atoms with Crippen LogP contribution in [0, 0.1) is 6.92 Å². The molecule has 0 radical (unpaired) electrons. The third-order valence-corrected chi connectivity index (χ3v) is 11.7. The molecule has 0 spiro atoms. The van der Waals surface area contributed by atoms with E-state index in [4.69, 9.17) is 9.47 Å². The second kappa shape index (κ2) is 20.9. The molecule has 1 heterocycles. The molecular formula is C49H42Br2N2O7S. The number of sulfonamides is 1. The van der Waals surface area contributed by atoms with Crippen LogP contribution in [-0.4, -0.2) is 30.5 Å². The lowest BCUT2D eigenvalue weighted by Gasteiger charge is -2.17. The summed E-state index contributed by atoms with van der Waals surface area (Å²) >= 11 is 6.94. The number of Topliss-reactive ketones (excluding diaryl/α,β-unsaturated/α-hetero) is 2. The lowest BCUT2D eigenvalue weighted by molar-refractivity contribution is -0.117. The number of nitrogens with one attached hydrogen (secondary N) is 1. The van der Waals surface area contributed by atoms with E-state index in [-0.39, 0.29) is 34.9 Å². The van der Waals surface area contributed by atoms with Crippen LogP contribution in [0.1, 0.15) is 57.3 Å². The first-order chi connectivity index (χ1) is 29.4. The van der Waals surface area contributed by atoms with Gasteiger partial charge in [0.2, 0.25) is 0 Å². The number of aryl methyl sites for hydroxylation is 1. The van der Waals surface area contributed by atoms with Gasteiger partial charge in [0.15, 0.2) is 5.78 Å². The summed E-state index contributed by atoms with van der Waals surface area (Å²) in [6.07, 6.45) is 0.455. The molecule has 0 bridgehead atoms. The molecule has 310 valence electrons. The Labute approximate surface area is 372 Å². The van der Waals surface area contributed by atoms with Crippen molar-refractivity contribution in [1.29, 1.82) is 0 Å². The molecule has 61 heavy (non-hydrogen) atoms. The van der Waals surface area contributed by atoms with Crippen LogP contribution in [0.4, 0.5) is 0 Å². The minimum atomic E-state index is -4.05. The van der Waals surface area contributed by atoms with Gasteiger partial charge in [-0.15, -0.1) is 0 Å². The molecule has 0 fully saturated rings. The Hall–Kier alpha value is -6.08. The second-order valence-electron chi connectivity index (χ2n) is 13.9. The molecule has 9 nitrogen and oxygen atoms in total. The largest absolute Gasteiger partial charge is 0.488 e. The lowest BCUT2D eigenvalue weighted by Crippen LogP contribution is -2.30. The number of carbonyl (C=O) groups is 3. The van der Waals surface area contributed by atoms with Gasteiger partial charge in [-0.2, -0.15) is 0 Å². The SMILES string of the molecule is CC(=O)CCC(=O)c1cc(Br)ccc1OCc1ccccc1.Cc1ccc(-c2cc(Br)ccc2OCc2ccccc2)n1-c1ccc(S(=O)(=O)NC(=O)c2ccccc2)cc1.